The van der Waals surface area contributed by atoms with Gasteiger partial charge in [-0.2, -0.15) is 5.10 Å². The Morgan fingerprint density at radius 2 is 2.08 bits per heavy atom. The third-order valence-electron chi connectivity index (χ3n) is 3.57. The van der Waals surface area contributed by atoms with Crippen LogP contribution < -0.4 is 5.73 Å². The van der Waals surface area contributed by atoms with E-state index < -0.39 is 17.5 Å². The molecule has 0 atom stereocenters. The Morgan fingerprint density at radius 3 is 2.76 bits per heavy atom. The molecule has 2 N–H and O–H groups in total. The van der Waals surface area contributed by atoms with Gasteiger partial charge < -0.3 is 10.3 Å². The van der Waals surface area contributed by atoms with Crippen LogP contribution >= 0.6 is 0 Å². The van der Waals surface area contributed by atoms with E-state index in [-0.39, 0.29) is 12.2 Å². The average molecular weight is 346 g/mol. The number of aryl methyl sites for hydroxylation is 2. The quantitative estimate of drug-likeness (QED) is 0.700. The fourth-order valence-electron chi connectivity index (χ4n) is 2.45. The Hall–Kier alpha value is -3.10. The summed E-state index contributed by atoms with van der Waals surface area (Å²) in [6.45, 7) is 0.718. The summed E-state index contributed by atoms with van der Waals surface area (Å²) in [5.74, 6) is -1.69. The maximum Gasteiger partial charge on any atom is 0.225 e. The van der Waals surface area contributed by atoms with Crippen molar-refractivity contribution in [1.29, 1.82) is 0 Å². The molecule has 3 aromatic rings. The van der Waals surface area contributed by atoms with E-state index in [9.17, 15) is 13.6 Å². The Labute approximate surface area is 142 Å². The number of carbonyl (C=O) groups excluding carboxylic acids is 1. The van der Waals surface area contributed by atoms with Crippen LogP contribution in [0.2, 0.25) is 0 Å². The SMILES string of the molecule is NC(=O)Cc1nc(CCCn2ccnc2)n(-c2ccc(F)c(F)c2)n1. The molecule has 0 unspecified atom stereocenters. The summed E-state index contributed by atoms with van der Waals surface area (Å²) in [5.41, 5.74) is 5.52. The van der Waals surface area contributed by atoms with Gasteiger partial charge in [0.05, 0.1) is 18.4 Å². The minimum absolute atomic E-state index is 0.120. The molecular formula is C16H16F2N6O. The number of aromatic nitrogens is 5. The molecule has 0 saturated heterocycles. The molecule has 0 aliphatic carbocycles. The fraction of sp³-hybridized carbons (Fsp3) is 0.250. The first kappa shape index (κ1) is 16.7. The van der Waals surface area contributed by atoms with Gasteiger partial charge in [-0.15, -0.1) is 0 Å². The molecular weight excluding hydrogens is 330 g/mol. The number of benzene rings is 1. The summed E-state index contributed by atoms with van der Waals surface area (Å²) in [5, 5.41) is 4.20. The van der Waals surface area contributed by atoms with Gasteiger partial charge in [-0.3, -0.25) is 4.79 Å². The number of primary amides is 1. The molecule has 7 nitrogen and oxygen atoms in total. The third-order valence-corrected chi connectivity index (χ3v) is 3.57. The first-order valence-corrected chi connectivity index (χ1v) is 7.67. The second-order valence-corrected chi connectivity index (χ2v) is 5.50. The number of nitrogens with zero attached hydrogens (tertiary/aromatic N) is 5. The highest BCUT2D eigenvalue weighted by Crippen LogP contribution is 2.16. The van der Waals surface area contributed by atoms with Crippen molar-refractivity contribution in [3.63, 3.8) is 0 Å². The second-order valence-electron chi connectivity index (χ2n) is 5.50. The largest absolute Gasteiger partial charge is 0.369 e. The Kier molecular flexibility index (Phi) is 4.82. The van der Waals surface area contributed by atoms with Gasteiger partial charge in [0.25, 0.3) is 0 Å². The van der Waals surface area contributed by atoms with Crippen LogP contribution in [0.1, 0.15) is 18.1 Å². The molecule has 0 aliphatic rings. The summed E-state index contributed by atoms with van der Waals surface area (Å²) < 4.78 is 30.0. The van der Waals surface area contributed by atoms with Crippen LogP contribution in [0.15, 0.2) is 36.9 Å². The van der Waals surface area contributed by atoms with E-state index >= 15 is 0 Å². The molecule has 0 spiro atoms. The van der Waals surface area contributed by atoms with Gasteiger partial charge in [-0.25, -0.2) is 23.4 Å². The van der Waals surface area contributed by atoms with Crippen LogP contribution in [0.25, 0.3) is 5.69 Å². The molecule has 25 heavy (non-hydrogen) atoms. The van der Waals surface area contributed by atoms with Crippen molar-refractivity contribution < 1.29 is 13.6 Å². The van der Waals surface area contributed by atoms with Gasteiger partial charge in [0, 0.05) is 31.4 Å². The monoisotopic (exact) mass is 346 g/mol. The molecule has 0 aliphatic heterocycles. The number of halogens is 2. The predicted molar refractivity (Wildman–Crippen MR) is 84.7 cm³/mol. The number of hydrogen-bond acceptors (Lipinski definition) is 4. The molecule has 2 aromatic heterocycles. The number of nitrogens with two attached hydrogens (primary N) is 1. The zero-order valence-electron chi connectivity index (χ0n) is 13.3. The van der Waals surface area contributed by atoms with E-state index in [1.54, 1.807) is 12.5 Å². The van der Waals surface area contributed by atoms with Crippen molar-refractivity contribution in [2.45, 2.75) is 25.8 Å². The van der Waals surface area contributed by atoms with E-state index in [4.69, 9.17) is 5.73 Å². The summed E-state index contributed by atoms with van der Waals surface area (Å²) >= 11 is 0. The number of imidazole rings is 1. The summed E-state index contributed by atoms with van der Waals surface area (Å²) in [6.07, 6.45) is 6.38. The number of rotatable bonds is 7. The average Bonchev–Trinajstić information content (AvgIpc) is 3.20. The van der Waals surface area contributed by atoms with Crippen LogP contribution in [0.5, 0.6) is 0 Å². The van der Waals surface area contributed by atoms with Gasteiger partial charge >= 0.3 is 0 Å². The van der Waals surface area contributed by atoms with E-state index in [0.29, 0.717) is 17.9 Å². The van der Waals surface area contributed by atoms with E-state index in [1.165, 1.54) is 10.7 Å². The molecule has 1 aromatic carbocycles. The lowest BCUT2D eigenvalue weighted by molar-refractivity contribution is -0.117. The van der Waals surface area contributed by atoms with Crippen molar-refractivity contribution in [3.05, 3.63) is 60.2 Å². The molecule has 3 rings (SSSR count). The van der Waals surface area contributed by atoms with Crippen LogP contribution in [0.3, 0.4) is 0 Å². The van der Waals surface area contributed by atoms with E-state index in [1.807, 2.05) is 10.8 Å². The van der Waals surface area contributed by atoms with Crippen molar-refractivity contribution in [3.8, 4) is 5.69 Å². The first-order chi connectivity index (χ1) is 12.0. The second kappa shape index (κ2) is 7.20. The Bertz CT molecular complexity index is 875. The number of amides is 1. The maximum absolute atomic E-state index is 13.5. The topological polar surface area (TPSA) is 91.6 Å². The van der Waals surface area contributed by atoms with Gasteiger partial charge in [0.1, 0.15) is 5.82 Å². The fourth-order valence-corrected chi connectivity index (χ4v) is 2.45. The molecule has 130 valence electrons. The highest BCUT2D eigenvalue weighted by molar-refractivity contribution is 5.75. The number of hydrogen-bond donors (Lipinski definition) is 1. The van der Waals surface area contributed by atoms with Crippen LogP contribution in [0.4, 0.5) is 8.78 Å². The van der Waals surface area contributed by atoms with E-state index in [2.05, 4.69) is 15.1 Å². The van der Waals surface area contributed by atoms with Gasteiger partial charge in [-0.1, -0.05) is 0 Å². The summed E-state index contributed by atoms with van der Waals surface area (Å²) in [4.78, 5) is 19.4. The van der Waals surface area contributed by atoms with Crippen molar-refractivity contribution in [2.75, 3.05) is 0 Å². The molecule has 0 bridgehead atoms. The molecule has 9 heteroatoms. The van der Waals surface area contributed by atoms with Crippen LogP contribution in [-0.2, 0) is 24.2 Å². The normalized spacial score (nSPS) is 11.0. The smallest absolute Gasteiger partial charge is 0.225 e. The maximum atomic E-state index is 13.5. The zero-order chi connectivity index (χ0) is 17.8. The minimum atomic E-state index is -0.978. The predicted octanol–water partition coefficient (Wildman–Crippen LogP) is 1.40. The lowest BCUT2D eigenvalue weighted by Gasteiger charge is -2.07. The highest BCUT2D eigenvalue weighted by atomic mass is 19.2. The molecule has 0 saturated carbocycles. The molecule has 1 amide bonds. The summed E-state index contributed by atoms with van der Waals surface area (Å²) in [6, 6.07) is 3.47. The van der Waals surface area contributed by atoms with Gasteiger partial charge in [0.2, 0.25) is 5.91 Å². The van der Waals surface area contributed by atoms with Crippen molar-refractivity contribution >= 4 is 5.91 Å². The Balaban J connectivity index is 1.84. The van der Waals surface area contributed by atoms with Crippen molar-refractivity contribution in [2.24, 2.45) is 5.73 Å². The van der Waals surface area contributed by atoms with Crippen LogP contribution in [0, 0.1) is 11.6 Å². The van der Waals surface area contributed by atoms with Crippen LogP contribution in [-0.4, -0.2) is 30.2 Å². The van der Waals surface area contributed by atoms with Gasteiger partial charge in [-0.05, 0) is 18.6 Å². The highest BCUT2D eigenvalue weighted by Gasteiger charge is 2.14. The standard InChI is InChI=1S/C16H16F2N6O/c17-12-4-3-11(8-13(12)18)24-16(21-15(22-24)9-14(19)25)2-1-6-23-7-5-20-10-23/h3-5,7-8,10H,1-2,6,9H2,(H2,19,25). The lowest BCUT2D eigenvalue weighted by atomic mass is 10.2. The Morgan fingerprint density at radius 1 is 1.24 bits per heavy atom. The van der Waals surface area contributed by atoms with Gasteiger partial charge in [0.15, 0.2) is 17.5 Å². The molecule has 0 radical (unpaired) electrons. The minimum Gasteiger partial charge on any atom is -0.369 e. The number of carbonyl (C=O) groups is 1. The third kappa shape index (κ3) is 4.06. The van der Waals surface area contributed by atoms with Crippen molar-refractivity contribution in [1.82, 2.24) is 24.3 Å². The van der Waals surface area contributed by atoms with E-state index in [0.717, 1.165) is 25.1 Å². The molecule has 2 heterocycles. The summed E-state index contributed by atoms with van der Waals surface area (Å²) in [7, 11) is 0. The first-order valence-electron chi connectivity index (χ1n) is 7.67. The lowest BCUT2D eigenvalue weighted by Crippen LogP contribution is -2.14. The zero-order valence-corrected chi connectivity index (χ0v) is 13.3. The molecule has 0 fully saturated rings.